The van der Waals surface area contributed by atoms with Crippen LogP contribution in [-0.4, -0.2) is 30.5 Å². The monoisotopic (exact) mass is 323 g/mol. The van der Waals surface area contributed by atoms with Gasteiger partial charge in [-0.3, -0.25) is 4.79 Å². The minimum Gasteiger partial charge on any atom is -0.478 e. The normalized spacial score (nSPS) is 15.2. The summed E-state index contributed by atoms with van der Waals surface area (Å²) < 4.78 is 0. The van der Waals surface area contributed by atoms with Crippen LogP contribution in [0.15, 0.2) is 48.5 Å². The van der Waals surface area contributed by atoms with Crippen molar-refractivity contribution in [2.45, 2.75) is 19.3 Å². The lowest BCUT2D eigenvalue weighted by Crippen LogP contribution is -2.34. The number of carboxylic acids is 1. The zero-order valence-electron chi connectivity index (χ0n) is 13.5. The molecule has 4 heteroatoms. The SMILES string of the molecule is O=Cc1ccc(N2CCC(Cc3ccc(C(=O)O)cc3)CC2)cc1. The number of rotatable bonds is 5. The van der Waals surface area contributed by atoms with E-state index in [0.29, 0.717) is 17.0 Å². The third kappa shape index (κ3) is 3.82. The molecule has 0 aromatic heterocycles. The Morgan fingerprint density at radius 3 is 2.21 bits per heavy atom. The first-order valence-corrected chi connectivity index (χ1v) is 8.28. The van der Waals surface area contributed by atoms with Crippen molar-refractivity contribution in [1.29, 1.82) is 0 Å². The van der Waals surface area contributed by atoms with Gasteiger partial charge in [-0.15, -0.1) is 0 Å². The standard InChI is InChI=1S/C20H21NO3/c22-14-17-3-7-19(8-4-17)21-11-9-16(10-12-21)13-15-1-5-18(6-2-15)20(23)24/h1-8,14,16H,9-13H2,(H,23,24). The molecule has 3 rings (SSSR count). The fourth-order valence-electron chi connectivity index (χ4n) is 3.28. The quantitative estimate of drug-likeness (QED) is 0.853. The predicted molar refractivity (Wildman–Crippen MR) is 93.9 cm³/mol. The number of nitrogens with zero attached hydrogens (tertiary/aromatic N) is 1. The van der Waals surface area contributed by atoms with Gasteiger partial charge in [-0.05, 0) is 67.1 Å². The number of piperidine rings is 1. The van der Waals surface area contributed by atoms with Crippen LogP contribution in [0, 0.1) is 5.92 Å². The highest BCUT2D eigenvalue weighted by Crippen LogP contribution is 2.26. The van der Waals surface area contributed by atoms with Gasteiger partial charge in [-0.2, -0.15) is 0 Å². The summed E-state index contributed by atoms with van der Waals surface area (Å²) in [5.74, 6) is -0.248. The molecule has 0 amide bonds. The van der Waals surface area contributed by atoms with Crippen LogP contribution < -0.4 is 4.90 Å². The van der Waals surface area contributed by atoms with Crippen LogP contribution in [0.5, 0.6) is 0 Å². The molecule has 0 bridgehead atoms. The van der Waals surface area contributed by atoms with Crippen molar-refractivity contribution in [3.63, 3.8) is 0 Å². The Morgan fingerprint density at radius 1 is 1.04 bits per heavy atom. The number of aromatic carboxylic acids is 1. The number of carboxylic acid groups (broad SMARTS) is 1. The molecule has 2 aromatic rings. The number of aldehydes is 1. The van der Waals surface area contributed by atoms with Gasteiger partial charge in [0.1, 0.15) is 6.29 Å². The predicted octanol–water partition coefficient (Wildman–Crippen LogP) is 3.66. The lowest BCUT2D eigenvalue weighted by molar-refractivity contribution is 0.0696. The minimum absolute atomic E-state index is 0.340. The highest BCUT2D eigenvalue weighted by Gasteiger charge is 2.19. The zero-order valence-corrected chi connectivity index (χ0v) is 13.5. The largest absolute Gasteiger partial charge is 0.478 e. The second-order valence-electron chi connectivity index (χ2n) is 6.35. The maximum atomic E-state index is 10.9. The van der Waals surface area contributed by atoms with Gasteiger partial charge >= 0.3 is 5.97 Å². The van der Waals surface area contributed by atoms with Crippen molar-refractivity contribution in [3.8, 4) is 0 Å². The second-order valence-corrected chi connectivity index (χ2v) is 6.35. The van der Waals surface area contributed by atoms with E-state index in [1.165, 1.54) is 11.3 Å². The van der Waals surface area contributed by atoms with Crippen molar-refractivity contribution in [3.05, 3.63) is 65.2 Å². The summed E-state index contributed by atoms with van der Waals surface area (Å²) in [6.07, 6.45) is 4.11. The number of hydrogen-bond donors (Lipinski definition) is 1. The molecule has 1 aliphatic rings. The van der Waals surface area contributed by atoms with Crippen molar-refractivity contribution in [1.82, 2.24) is 0 Å². The summed E-state index contributed by atoms with van der Waals surface area (Å²) in [6, 6.07) is 14.9. The van der Waals surface area contributed by atoms with Crippen molar-refractivity contribution in [2.24, 2.45) is 5.92 Å². The molecule has 1 fully saturated rings. The molecule has 0 spiro atoms. The van der Waals surface area contributed by atoms with E-state index in [2.05, 4.69) is 4.90 Å². The highest BCUT2D eigenvalue weighted by molar-refractivity contribution is 5.87. The Morgan fingerprint density at radius 2 is 1.67 bits per heavy atom. The number of carbonyl (C=O) groups is 2. The van der Waals surface area contributed by atoms with E-state index in [1.54, 1.807) is 12.1 Å². The molecule has 1 heterocycles. The van der Waals surface area contributed by atoms with Gasteiger partial charge in [0.05, 0.1) is 5.56 Å². The maximum Gasteiger partial charge on any atom is 0.335 e. The molecule has 0 radical (unpaired) electrons. The van der Waals surface area contributed by atoms with Crippen LogP contribution in [0.3, 0.4) is 0 Å². The lowest BCUT2D eigenvalue weighted by atomic mass is 9.89. The third-order valence-electron chi connectivity index (χ3n) is 4.73. The van der Waals surface area contributed by atoms with Gasteiger partial charge in [0.25, 0.3) is 0 Å². The van der Waals surface area contributed by atoms with Gasteiger partial charge in [0.15, 0.2) is 0 Å². The van der Waals surface area contributed by atoms with E-state index in [9.17, 15) is 9.59 Å². The number of carbonyl (C=O) groups excluding carboxylic acids is 1. The topological polar surface area (TPSA) is 57.6 Å². The molecule has 124 valence electrons. The minimum atomic E-state index is -0.879. The molecule has 0 aliphatic carbocycles. The fourth-order valence-corrected chi connectivity index (χ4v) is 3.28. The van der Waals surface area contributed by atoms with E-state index in [0.717, 1.165) is 38.6 Å². The van der Waals surface area contributed by atoms with Crippen molar-refractivity contribution in [2.75, 3.05) is 18.0 Å². The number of anilines is 1. The van der Waals surface area contributed by atoms with E-state index in [4.69, 9.17) is 5.11 Å². The summed E-state index contributed by atoms with van der Waals surface area (Å²) in [5, 5.41) is 8.94. The van der Waals surface area contributed by atoms with Gasteiger partial charge < -0.3 is 10.0 Å². The van der Waals surface area contributed by atoms with Crippen LogP contribution in [0.2, 0.25) is 0 Å². The van der Waals surface area contributed by atoms with Crippen LogP contribution in [0.1, 0.15) is 39.1 Å². The summed E-state index contributed by atoms with van der Waals surface area (Å²) >= 11 is 0. The lowest BCUT2D eigenvalue weighted by Gasteiger charge is -2.33. The highest BCUT2D eigenvalue weighted by atomic mass is 16.4. The van der Waals surface area contributed by atoms with Crippen molar-refractivity contribution >= 4 is 17.9 Å². The Kier molecular flexibility index (Phi) is 4.94. The Labute approximate surface area is 141 Å². The first kappa shape index (κ1) is 16.2. The molecule has 0 saturated carbocycles. The third-order valence-corrected chi connectivity index (χ3v) is 4.73. The van der Waals surface area contributed by atoms with E-state index >= 15 is 0 Å². The van der Waals surface area contributed by atoms with Crippen LogP contribution >= 0.6 is 0 Å². The Hall–Kier alpha value is -2.62. The number of hydrogen-bond acceptors (Lipinski definition) is 3. The zero-order chi connectivity index (χ0) is 16.9. The van der Waals surface area contributed by atoms with Crippen molar-refractivity contribution < 1.29 is 14.7 Å². The molecule has 1 N–H and O–H groups in total. The van der Waals surface area contributed by atoms with Crippen LogP contribution in [-0.2, 0) is 6.42 Å². The molecule has 0 unspecified atom stereocenters. The molecular weight excluding hydrogens is 302 g/mol. The first-order valence-electron chi connectivity index (χ1n) is 8.28. The van der Waals surface area contributed by atoms with Gasteiger partial charge in [0.2, 0.25) is 0 Å². The van der Waals surface area contributed by atoms with E-state index < -0.39 is 5.97 Å². The molecule has 2 aromatic carbocycles. The molecule has 1 saturated heterocycles. The molecule has 0 atom stereocenters. The number of benzene rings is 2. The Bertz CT molecular complexity index is 699. The summed E-state index contributed by atoms with van der Waals surface area (Å²) in [4.78, 5) is 24.0. The smallest absolute Gasteiger partial charge is 0.335 e. The van der Waals surface area contributed by atoms with Crippen LogP contribution in [0.4, 0.5) is 5.69 Å². The van der Waals surface area contributed by atoms with Gasteiger partial charge in [-0.25, -0.2) is 4.79 Å². The first-order chi connectivity index (χ1) is 11.7. The molecule has 24 heavy (non-hydrogen) atoms. The summed E-state index contributed by atoms with van der Waals surface area (Å²) in [6.45, 7) is 2.02. The second kappa shape index (κ2) is 7.30. The fraction of sp³-hybridized carbons (Fsp3) is 0.300. The Balaban J connectivity index is 1.54. The summed E-state index contributed by atoms with van der Waals surface area (Å²) in [5.41, 5.74) is 3.42. The maximum absolute atomic E-state index is 10.9. The average Bonchev–Trinajstić information content (AvgIpc) is 2.63. The molecule has 4 nitrogen and oxygen atoms in total. The van der Waals surface area contributed by atoms with Gasteiger partial charge in [0, 0.05) is 24.3 Å². The molecule has 1 aliphatic heterocycles. The average molecular weight is 323 g/mol. The summed E-state index contributed by atoms with van der Waals surface area (Å²) in [7, 11) is 0. The molecular formula is C20H21NO3. The van der Waals surface area contributed by atoms with E-state index in [-0.39, 0.29) is 0 Å². The van der Waals surface area contributed by atoms with Crippen LogP contribution in [0.25, 0.3) is 0 Å². The van der Waals surface area contributed by atoms with Gasteiger partial charge in [-0.1, -0.05) is 12.1 Å². The van der Waals surface area contributed by atoms with E-state index in [1.807, 2.05) is 36.4 Å².